The van der Waals surface area contributed by atoms with Gasteiger partial charge in [-0.15, -0.1) is 0 Å². The van der Waals surface area contributed by atoms with Crippen molar-refractivity contribution in [2.75, 3.05) is 32.7 Å². The summed E-state index contributed by atoms with van der Waals surface area (Å²) >= 11 is 0. The van der Waals surface area contributed by atoms with Gasteiger partial charge in [-0.3, -0.25) is 12.5 Å². The van der Waals surface area contributed by atoms with Crippen molar-refractivity contribution in [3.8, 4) is 5.75 Å². The third-order valence-corrected chi connectivity index (χ3v) is 6.39. The van der Waals surface area contributed by atoms with Crippen molar-refractivity contribution >= 4 is 37.3 Å². The minimum Gasteiger partial charge on any atom is -0.505 e. The Labute approximate surface area is 305 Å². The van der Waals surface area contributed by atoms with Gasteiger partial charge in [-0.2, -0.15) is 0 Å². The average molecular weight is 738 g/mol. The maximum atomic E-state index is 10.6. The molecule has 9 nitrogen and oxygen atoms in total. The summed E-state index contributed by atoms with van der Waals surface area (Å²) in [6.45, 7) is 30.4. The van der Waals surface area contributed by atoms with Gasteiger partial charge in [0.25, 0.3) is 0 Å². The van der Waals surface area contributed by atoms with Gasteiger partial charge in [-0.25, -0.2) is 13.3 Å². The molecular formula is C38H75NO8S2. The highest BCUT2D eigenvalue weighted by molar-refractivity contribution is 7.95. The average Bonchev–Trinajstić information content (AvgIpc) is 3.49. The number of ether oxygens (including phenoxy) is 3. The van der Waals surface area contributed by atoms with E-state index in [0.29, 0.717) is 31.3 Å². The van der Waals surface area contributed by atoms with Crippen molar-refractivity contribution < 1.29 is 35.2 Å². The fourth-order valence-electron chi connectivity index (χ4n) is 2.99. The van der Waals surface area contributed by atoms with Gasteiger partial charge in [0.1, 0.15) is 5.75 Å². The molecule has 0 spiro atoms. The Kier molecular flexibility index (Phi) is 44.6. The lowest BCUT2D eigenvalue weighted by Gasteiger charge is -2.15. The topological polar surface area (TPSA) is 93.9 Å². The zero-order valence-corrected chi connectivity index (χ0v) is 31.3. The summed E-state index contributed by atoms with van der Waals surface area (Å²) in [6, 6.07) is 17.5. The number of rotatable bonds is 4. The third-order valence-electron chi connectivity index (χ3n) is 4.54. The van der Waals surface area contributed by atoms with Crippen molar-refractivity contribution in [1.29, 1.82) is 0 Å². The number of nitrogens with zero attached hydrogens (tertiary/aromatic N) is 1. The van der Waals surface area contributed by atoms with Crippen LogP contribution in [-0.2, 0) is 41.9 Å². The summed E-state index contributed by atoms with van der Waals surface area (Å²) in [6.07, 6.45) is 1.67. The molecule has 49 heavy (non-hydrogen) atoms. The lowest BCUT2D eigenvalue weighted by Crippen LogP contribution is -2.20. The Morgan fingerprint density at radius 1 is 0.918 bits per heavy atom. The van der Waals surface area contributed by atoms with Gasteiger partial charge in [0.05, 0.1) is 55.0 Å². The highest BCUT2D eigenvalue weighted by Crippen LogP contribution is 2.26. The Hall–Kier alpha value is -2.43. The molecule has 0 aromatic heterocycles. The molecule has 11 heteroatoms. The fourth-order valence-corrected chi connectivity index (χ4v) is 4.50. The molecule has 0 saturated carbocycles. The zero-order chi connectivity index (χ0) is 35.5. The van der Waals surface area contributed by atoms with Crippen LogP contribution in [0.25, 0.3) is 4.85 Å². The number of benzene rings is 2. The minimum atomic E-state index is -2.60. The highest BCUT2D eigenvalue weighted by Gasteiger charge is 2.29. The van der Waals surface area contributed by atoms with E-state index in [1.54, 1.807) is 26.0 Å². The first-order valence-electron chi connectivity index (χ1n) is 15.1. The second-order valence-corrected chi connectivity index (χ2v) is 13.0. The molecule has 4 atom stereocenters. The van der Waals surface area contributed by atoms with E-state index in [1.807, 2.05) is 85.7 Å². The molecule has 0 amide bonds. The zero-order valence-electron chi connectivity index (χ0n) is 29.6. The van der Waals surface area contributed by atoms with Gasteiger partial charge >= 0.3 is 0 Å². The normalized spacial score (nSPS) is 19.7. The maximum absolute atomic E-state index is 10.6. The molecule has 2 fully saturated rings. The fraction of sp³-hybridized carbons (Fsp3) is 0.605. The predicted octanol–water partition coefficient (Wildman–Crippen LogP) is 10.6. The molecule has 0 bridgehead atoms. The maximum Gasteiger partial charge on any atom is 0.228 e. The highest BCUT2D eigenvalue weighted by atomic mass is 32.2. The summed E-state index contributed by atoms with van der Waals surface area (Å²) in [5.74, 6) is 6.81. The molecule has 2 aliphatic rings. The Morgan fingerprint density at radius 2 is 1.41 bits per heavy atom. The van der Waals surface area contributed by atoms with Gasteiger partial charge in [0, 0.05) is 12.1 Å². The number of hydrogen-bond donors (Lipinski definition) is 0. The van der Waals surface area contributed by atoms with Crippen molar-refractivity contribution in [1.82, 2.24) is 0 Å². The van der Waals surface area contributed by atoms with E-state index in [9.17, 15) is 8.42 Å². The van der Waals surface area contributed by atoms with Crippen LogP contribution in [-0.4, -0.2) is 70.8 Å². The molecule has 4 rings (SSSR count). The summed E-state index contributed by atoms with van der Waals surface area (Å²) in [5.41, 5.74) is 1.90. The molecule has 2 aromatic carbocycles. The summed E-state index contributed by atoms with van der Waals surface area (Å²) in [7, 11) is -4.77. The lowest BCUT2D eigenvalue weighted by atomic mass is 10.2. The van der Waals surface area contributed by atoms with Crippen LogP contribution in [0, 0.1) is 13.5 Å². The van der Waals surface area contributed by atoms with E-state index in [2.05, 4.69) is 44.0 Å². The van der Waals surface area contributed by atoms with Crippen LogP contribution >= 0.6 is 0 Å². The standard InChI is InChI=1S/C9H9NO.C7H8.C6H12O2.C4H8O3S.C4H10O2S.2C2H6.4CH4/c1-3-11-9-7-5-4-6-8(9)10-2;1-7-5-3-2-4-6-7;1-5-4-7-6(2,3)8-5;1-4-3-6-8(2,5)7-4;1-4-6-7(2,3)5;2*1-2;;;;/h4-7H,3H2,1H3;2-6H,1H3;5H,4H2,1-3H3;4H,2-3H2,1H3;2,4H2,1,3H3;2*1-2H3;4*1H4. The van der Waals surface area contributed by atoms with Crippen LogP contribution in [0.2, 0.25) is 0 Å². The van der Waals surface area contributed by atoms with Crippen LogP contribution in [0.4, 0.5) is 5.69 Å². The second kappa shape index (κ2) is 35.4. The molecule has 0 radical (unpaired) electrons. The van der Waals surface area contributed by atoms with Gasteiger partial charge in [0.2, 0.25) is 5.69 Å². The molecule has 0 N–H and O–H groups in total. The van der Waals surface area contributed by atoms with Crippen molar-refractivity contribution in [2.24, 2.45) is 0 Å². The predicted molar refractivity (Wildman–Crippen MR) is 220 cm³/mol. The van der Waals surface area contributed by atoms with Crippen LogP contribution in [0.3, 0.4) is 0 Å². The van der Waals surface area contributed by atoms with E-state index in [1.165, 1.54) is 11.8 Å². The summed E-state index contributed by atoms with van der Waals surface area (Å²) in [5, 5.41) is 0. The number of para-hydroxylation sites is 2. The van der Waals surface area contributed by atoms with Crippen LogP contribution in [0.15, 0.2) is 54.6 Å². The molecule has 2 heterocycles. The Bertz CT molecular complexity index is 1240. The minimum absolute atomic E-state index is 0. The summed E-state index contributed by atoms with van der Waals surface area (Å²) < 4.78 is 50.9. The first kappa shape index (κ1) is 61.8. The smallest absolute Gasteiger partial charge is 0.228 e. The Balaban J connectivity index is -0.0000000867. The largest absolute Gasteiger partial charge is 0.505 e. The molecule has 2 saturated heterocycles. The SMILES string of the molecule is C.C.C.C.C=S(C)(=O)OCC.C=S1(=O)OCC(C)O1.CC.CC.CC1COC(C)(C)O1.Cc1ccccc1.[C-]#[N+]c1ccccc1OCC. The van der Waals surface area contributed by atoms with E-state index in [-0.39, 0.29) is 47.7 Å². The summed E-state index contributed by atoms with van der Waals surface area (Å²) in [4.78, 5) is 3.31. The van der Waals surface area contributed by atoms with Gasteiger partial charge in [-0.1, -0.05) is 111 Å². The molecule has 2 aromatic rings. The molecule has 2 aliphatic heterocycles. The number of aryl methyl sites for hydroxylation is 1. The van der Waals surface area contributed by atoms with Gasteiger partial charge in [-0.05, 0) is 60.4 Å². The second-order valence-electron chi connectivity index (χ2n) is 9.39. The Morgan fingerprint density at radius 3 is 1.63 bits per heavy atom. The molecule has 4 unspecified atom stereocenters. The number of hydrogen-bond acceptors (Lipinski definition) is 8. The van der Waals surface area contributed by atoms with E-state index in [0.717, 1.165) is 6.61 Å². The quantitative estimate of drug-likeness (QED) is 0.226. The van der Waals surface area contributed by atoms with Crippen molar-refractivity contribution in [3.63, 3.8) is 0 Å². The van der Waals surface area contributed by atoms with Crippen molar-refractivity contribution in [2.45, 2.75) is 124 Å². The lowest BCUT2D eigenvalue weighted by molar-refractivity contribution is -0.136. The van der Waals surface area contributed by atoms with E-state index in [4.69, 9.17) is 25.0 Å². The first-order chi connectivity index (χ1) is 21.0. The first-order valence-corrected chi connectivity index (χ1v) is 18.8. The molecule has 0 aliphatic carbocycles. The molecular weight excluding hydrogens is 663 g/mol. The molecule has 292 valence electrons. The van der Waals surface area contributed by atoms with Crippen LogP contribution in [0.5, 0.6) is 5.75 Å². The van der Waals surface area contributed by atoms with E-state index < -0.39 is 19.9 Å². The van der Waals surface area contributed by atoms with Crippen LogP contribution < -0.4 is 4.74 Å². The van der Waals surface area contributed by atoms with Gasteiger partial charge in [0.15, 0.2) is 15.9 Å². The monoisotopic (exact) mass is 737 g/mol. The van der Waals surface area contributed by atoms with Crippen LogP contribution in [0.1, 0.15) is 105 Å². The van der Waals surface area contributed by atoms with E-state index >= 15 is 0 Å². The third kappa shape index (κ3) is 38.2. The van der Waals surface area contributed by atoms with Crippen molar-refractivity contribution in [3.05, 3.63) is 71.6 Å². The van der Waals surface area contributed by atoms with Gasteiger partial charge < -0.3 is 14.2 Å².